The first-order valence-corrected chi connectivity index (χ1v) is 4.70. The van der Waals surface area contributed by atoms with E-state index in [9.17, 15) is 0 Å². The summed E-state index contributed by atoms with van der Waals surface area (Å²) in [6.07, 6.45) is 1.19. The molecule has 0 fully saturated rings. The Kier molecular flexibility index (Phi) is 3.82. The van der Waals surface area contributed by atoms with Gasteiger partial charge < -0.3 is 5.32 Å². The maximum absolute atomic E-state index is 3.91. The fourth-order valence-corrected chi connectivity index (χ4v) is 0.967. The van der Waals surface area contributed by atoms with Gasteiger partial charge >= 0.3 is 0 Å². The molecule has 74 valence electrons. The number of aromatic nitrogens is 4. The van der Waals surface area contributed by atoms with Gasteiger partial charge in [0.25, 0.3) is 0 Å². The summed E-state index contributed by atoms with van der Waals surface area (Å²) in [5, 5.41) is 17.1. The van der Waals surface area contributed by atoms with Crippen molar-refractivity contribution in [2.24, 2.45) is 5.92 Å². The van der Waals surface area contributed by atoms with Crippen LogP contribution in [-0.2, 0) is 0 Å². The Balaban J connectivity index is 2.30. The molecule has 13 heavy (non-hydrogen) atoms. The maximum Gasteiger partial charge on any atom is 0.191 e. The summed E-state index contributed by atoms with van der Waals surface area (Å²) in [5.74, 6) is 1.41. The van der Waals surface area contributed by atoms with Gasteiger partial charge in [0.15, 0.2) is 5.82 Å². The van der Waals surface area contributed by atoms with Gasteiger partial charge in [-0.25, -0.2) is 0 Å². The first-order chi connectivity index (χ1) is 6.24. The molecule has 2 unspecified atom stereocenters. The minimum atomic E-state index is 0.174. The standard InChI is InChI=1S/C8H17N5/c1-4-6(2)5-9-7(3)8-10-12-13-11-8/h6-7,9H,4-5H2,1-3H3,(H,10,11,12,13). The van der Waals surface area contributed by atoms with E-state index in [0.29, 0.717) is 5.92 Å². The average Bonchev–Trinajstić information content (AvgIpc) is 2.66. The lowest BCUT2D eigenvalue weighted by Crippen LogP contribution is -2.25. The molecule has 1 heterocycles. The van der Waals surface area contributed by atoms with Crippen LogP contribution >= 0.6 is 0 Å². The van der Waals surface area contributed by atoms with Gasteiger partial charge in [-0.1, -0.05) is 25.5 Å². The number of nitrogens with zero attached hydrogens (tertiary/aromatic N) is 3. The molecule has 0 spiro atoms. The van der Waals surface area contributed by atoms with Crippen molar-refractivity contribution in [1.82, 2.24) is 25.9 Å². The lowest BCUT2D eigenvalue weighted by Gasteiger charge is -2.13. The molecule has 0 aliphatic carbocycles. The summed E-state index contributed by atoms with van der Waals surface area (Å²) < 4.78 is 0. The number of hydrogen-bond donors (Lipinski definition) is 2. The quantitative estimate of drug-likeness (QED) is 0.711. The van der Waals surface area contributed by atoms with E-state index in [-0.39, 0.29) is 6.04 Å². The molecule has 0 aliphatic rings. The fraction of sp³-hybridized carbons (Fsp3) is 0.875. The highest BCUT2D eigenvalue weighted by atomic mass is 15.5. The van der Waals surface area contributed by atoms with Crippen LogP contribution in [0, 0.1) is 5.92 Å². The second kappa shape index (κ2) is 4.91. The number of H-pyrrole nitrogens is 1. The number of aromatic amines is 1. The third-order valence-corrected chi connectivity index (χ3v) is 2.22. The Hall–Kier alpha value is -0.970. The van der Waals surface area contributed by atoms with Gasteiger partial charge in [-0.3, -0.25) is 0 Å². The molecule has 0 radical (unpaired) electrons. The van der Waals surface area contributed by atoms with Crippen LogP contribution in [0.5, 0.6) is 0 Å². The summed E-state index contributed by atoms with van der Waals surface area (Å²) in [6.45, 7) is 7.43. The maximum atomic E-state index is 3.91. The molecule has 5 heteroatoms. The van der Waals surface area contributed by atoms with Crippen molar-refractivity contribution < 1.29 is 0 Å². The van der Waals surface area contributed by atoms with Crippen molar-refractivity contribution in [3.8, 4) is 0 Å². The normalized spacial score (nSPS) is 15.6. The highest BCUT2D eigenvalue weighted by Crippen LogP contribution is 2.05. The van der Waals surface area contributed by atoms with Gasteiger partial charge in [-0.05, 0) is 19.4 Å². The van der Waals surface area contributed by atoms with E-state index in [1.165, 1.54) is 6.42 Å². The van der Waals surface area contributed by atoms with Crippen molar-refractivity contribution in [2.45, 2.75) is 33.2 Å². The van der Waals surface area contributed by atoms with Crippen LogP contribution in [-0.4, -0.2) is 27.2 Å². The fourth-order valence-electron chi connectivity index (χ4n) is 0.967. The van der Waals surface area contributed by atoms with Crippen LogP contribution in [0.3, 0.4) is 0 Å². The molecule has 5 nitrogen and oxygen atoms in total. The SMILES string of the molecule is CCC(C)CNC(C)c1nn[nH]n1. The van der Waals surface area contributed by atoms with Crippen molar-refractivity contribution >= 4 is 0 Å². The monoisotopic (exact) mass is 183 g/mol. The Bertz CT molecular complexity index is 220. The van der Waals surface area contributed by atoms with Crippen LogP contribution in [0.4, 0.5) is 0 Å². The Labute approximate surface area is 78.3 Å². The zero-order chi connectivity index (χ0) is 9.68. The molecule has 0 aliphatic heterocycles. The molecular weight excluding hydrogens is 166 g/mol. The molecule has 2 atom stereocenters. The van der Waals surface area contributed by atoms with Crippen LogP contribution < -0.4 is 5.32 Å². The van der Waals surface area contributed by atoms with Gasteiger partial charge in [0.05, 0.1) is 6.04 Å². The van der Waals surface area contributed by atoms with E-state index in [4.69, 9.17) is 0 Å². The van der Waals surface area contributed by atoms with Gasteiger partial charge in [-0.15, -0.1) is 10.2 Å². The Morgan fingerprint density at radius 3 is 2.77 bits per heavy atom. The van der Waals surface area contributed by atoms with Gasteiger partial charge in [0.2, 0.25) is 0 Å². The number of nitrogens with one attached hydrogen (secondary N) is 2. The molecule has 0 bridgehead atoms. The first-order valence-electron chi connectivity index (χ1n) is 4.70. The number of tetrazole rings is 1. The second-order valence-corrected chi connectivity index (χ2v) is 3.41. The minimum absolute atomic E-state index is 0.174. The zero-order valence-corrected chi connectivity index (χ0v) is 8.41. The van der Waals surface area contributed by atoms with Crippen LogP contribution in [0.15, 0.2) is 0 Å². The van der Waals surface area contributed by atoms with E-state index in [1.807, 2.05) is 6.92 Å². The third-order valence-electron chi connectivity index (χ3n) is 2.22. The van der Waals surface area contributed by atoms with E-state index >= 15 is 0 Å². The number of hydrogen-bond acceptors (Lipinski definition) is 4. The first kappa shape index (κ1) is 10.1. The molecule has 0 amide bonds. The van der Waals surface area contributed by atoms with Gasteiger partial charge in [-0.2, -0.15) is 5.21 Å². The Morgan fingerprint density at radius 1 is 1.46 bits per heavy atom. The summed E-state index contributed by atoms with van der Waals surface area (Å²) in [7, 11) is 0. The second-order valence-electron chi connectivity index (χ2n) is 3.41. The third kappa shape index (κ3) is 3.10. The highest BCUT2D eigenvalue weighted by Gasteiger charge is 2.09. The summed E-state index contributed by atoms with van der Waals surface area (Å²) in [4.78, 5) is 0. The highest BCUT2D eigenvalue weighted by molar-refractivity contribution is 4.85. The molecule has 0 saturated heterocycles. The van der Waals surface area contributed by atoms with E-state index < -0.39 is 0 Å². The summed E-state index contributed by atoms with van der Waals surface area (Å²) >= 11 is 0. The van der Waals surface area contributed by atoms with Crippen molar-refractivity contribution in [1.29, 1.82) is 0 Å². The zero-order valence-electron chi connectivity index (χ0n) is 8.41. The molecule has 2 N–H and O–H groups in total. The van der Waals surface area contributed by atoms with Gasteiger partial charge in [0.1, 0.15) is 0 Å². The minimum Gasteiger partial charge on any atom is -0.307 e. The molecule has 1 aromatic rings. The molecule has 0 saturated carbocycles. The topological polar surface area (TPSA) is 66.5 Å². The number of rotatable bonds is 5. The average molecular weight is 183 g/mol. The summed E-state index contributed by atoms with van der Waals surface area (Å²) in [5.41, 5.74) is 0. The predicted octanol–water partition coefficient (Wildman–Crippen LogP) is 0.896. The van der Waals surface area contributed by atoms with Crippen LogP contribution in [0.1, 0.15) is 39.1 Å². The van der Waals surface area contributed by atoms with E-state index in [2.05, 4.69) is 39.8 Å². The molecular formula is C8H17N5. The van der Waals surface area contributed by atoms with Crippen molar-refractivity contribution in [2.75, 3.05) is 6.54 Å². The van der Waals surface area contributed by atoms with E-state index in [1.54, 1.807) is 0 Å². The summed E-state index contributed by atoms with van der Waals surface area (Å²) in [6, 6.07) is 0.174. The van der Waals surface area contributed by atoms with Gasteiger partial charge in [0, 0.05) is 0 Å². The predicted molar refractivity (Wildman–Crippen MR) is 50.1 cm³/mol. The Morgan fingerprint density at radius 2 is 2.23 bits per heavy atom. The van der Waals surface area contributed by atoms with Crippen LogP contribution in [0.25, 0.3) is 0 Å². The molecule has 1 rings (SSSR count). The van der Waals surface area contributed by atoms with E-state index in [0.717, 1.165) is 12.4 Å². The molecule has 0 aromatic carbocycles. The molecule has 1 aromatic heterocycles. The largest absolute Gasteiger partial charge is 0.307 e. The lowest BCUT2D eigenvalue weighted by molar-refractivity contribution is 0.451. The van der Waals surface area contributed by atoms with Crippen molar-refractivity contribution in [3.63, 3.8) is 0 Å². The smallest absolute Gasteiger partial charge is 0.191 e. The lowest BCUT2D eigenvalue weighted by atomic mass is 10.1. The van der Waals surface area contributed by atoms with Crippen molar-refractivity contribution in [3.05, 3.63) is 5.82 Å². The van der Waals surface area contributed by atoms with Crippen LogP contribution in [0.2, 0.25) is 0 Å².